The van der Waals surface area contributed by atoms with Gasteiger partial charge in [0, 0.05) is 12.2 Å². The monoisotopic (exact) mass is 350 g/mol. The maximum Gasteiger partial charge on any atom is 0.316 e. The molecule has 23 heavy (non-hydrogen) atoms. The van der Waals surface area contributed by atoms with Crippen LogP contribution in [0.1, 0.15) is 5.56 Å². The van der Waals surface area contributed by atoms with Gasteiger partial charge in [0.15, 0.2) is 10.9 Å². The van der Waals surface area contributed by atoms with Gasteiger partial charge in [0.2, 0.25) is 5.13 Å². The number of anilines is 2. The van der Waals surface area contributed by atoms with Crippen molar-refractivity contribution in [1.29, 1.82) is 0 Å². The Morgan fingerprint density at radius 3 is 2.96 bits per heavy atom. The minimum Gasteiger partial charge on any atom is -0.455 e. The maximum atomic E-state index is 12.2. The number of benzene rings is 1. The molecule has 1 aromatic heterocycles. The van der Waals surface area contributed by atoms with Gasteiger partial charge in [0.25, 0.3) is 5.91 Å². The number of nitrogen functional groups attached to an aromatic ring is 1. The van der Waals surface area contributed by atoms with E-state index in [2.05, 4.69) is 10.2 Å². The summed E-state index contributed by atoms with van der Waals surface area (Å²) in [6.07, 6.45) is 0.824. The van der Waals surface area contributed by atoms with Crippen molar-refractivity contribution >= 4 is 45.8 Å². The van der Waals surface area contributed by atoms with E-state index in [0.717, 1.165) is 17.7 Å². The molecule has 1 aliphatic heterocycles. The zero-order valence-electron chi connectivity index (χ0n) is 12.1. The Morgan fingerprint density at radius 1 is 1.35 bits per heavy atom. The minimum atomic E-state index is -0.468. The van der Waals surface area contributed by atoms with Crippen molar-refractivity contribution in [1.82, 2.24) is 10.2 Å². The summed E-state index contributed by atoms with van der Waals surface area (Å²) in [5, 5.41) is 7.80. The van der Waals surface area contributed by atoms with Gasteiger partial charge < -0.3 is 15.4 Å². The van der Waals surface area contributed by atoms with Crippen LogP contribution in [0.3, 0.4) is 0 Å². The largest absolute Gasteiger partial charge is 0.455 e. The molecular formula is C14H14N4O3S2. The van der Waals surface area contributed by atoms with Gasteiger partial charge in [-0.05, 0) is 18.1 Å². The molecule has 3 rings (SSSR count). The number of carbonyl (C=O) groups is 2. The third-order valence-corrected chi connectivity index (χ3v) is 5.14. The lowest BCUT2D eigenvalue weighted by Gasteiger charge is -2.17. The predicted molar refractivity (Wildman–Crippen MR) is 88.5 cm³/mol. The number of fused-ring (bicyclic) bond motifs is 1. The van der Waals surface area contributed by atoms with Crippen molar-refractivity contribution < 1.29 is 14.3 Å². The first kappa shape index (κ1) is 15.8. The van der Waals surface area contributed by atoms with Crippen LogP contribution < -0.4 is 10.6 Å². The van der Waals surface area contributed by atoms with Crippen LogP contribution in [0, 0.1) is 0 Å². The summed E-state index contributed by atoms with van der Waals surface area (Å²) in [6.45, 7) is 0.362. The van der Waals surface area contributed by atoms with Crippen LogP contribution in [0.2, 0.25) is 0 Å². The van der Waals surface area contributed by atoms with Crippen LogP contribution in [-0.4, -0.2) is 41.0 Å². The number of amides is 1. The van der Waals surface area contributed by atoms with Gasteiger partial charge in [-0.25, -0.2) is 0 Å². The summed E-state index contributed by atoms with van der Waals surface area (Å²) in [4.78, 5) is 25.5. The molecule has 0 atom stereocenters. The van der Waals surface area contributed by atoms with E-state index in [4.69, 9.17) is 10.5 Å². The molecule has 2 aromatic rings. The Bertz CT molecular complexity index is 734. The standard InChI is InChI=1S/C14H14N4O3S2/c15-13-16-17-14(23-13)22-8-12(20)21-7-11(19)18-6-5-9-3-1-2-4-10(9)18/h1-4H,5-8H2,(H2,15,16). The number of nitrogens with zero attached hydrogens (tertiary/aromatic N) is 3. The highest BCUT2D eigenvalue weighted by Gasteiger charge is 2.24. The van der Waals surface area contributed by atoms with Gasteiger partial charge in [-0.15, -0.1) is 10.2 Å². The quantitative estimate of drug-likeness (QED) is 0.642. The number of ether oxygens (including phenoxy) is 1. The number of rotatable bonds is 5. The minimum absolute atomic E-state index is 0.0680. The van der Waals surface area contributed by atoms with Crippen LogP contribution in [-0.2, 0) is 20.7 Å². The van der Waals surface area contributed by atoms with Crippen molar-refractivity contribution in [3.8, 4) is 0 Å². The highest BCUT2D eigenvalue weighted by Crippen LogP contribution is 2.27. The normalized spacial score (nSPS) is 13.0. The lowest BCUT2D eigenvalue weighted by Crippen LogP contribution is -2.33. The van der Waals surface area contributed by atoms with Crippen molar-refractivity contribution in [3.63, 3.8) is 0 Å². The lowest BCUT2D eigenvalue weighted by atomic mass is 10.2. The second-order valence-corrected chi connectivity index (χ2v) is 7.01. The molecule has 0 unspecified atom stereocenters. The molecule has 2 N–H and O–H groups in total. The van der Waals surface area contributed by atoms with Gasteiger partial charge in [-0.2, -0.15) is 0 Å². The molecule has 1 amide bonds. The van der Waals surface area contributed by atoms with Crippen molar-refractivity contribution in [2.75, 3.05) is 29.5 Å². The summed E-state index contributed by atoms with van der Waals surface area (Å²) < 4.78 is 5.63. The number of hydrogen-bond donors (Lipinski definition) is 1. The summed E-state index contributed by atoms with van der Waals surface area (Å²) in [5.41, 5.74) is 7.49. The third-order valence-electron chi connectivity index (χ3n) is 3.28. The zero-order valence-corrected chi connectivity index (χ0v) is 13.7. The van der Waals surface area contributed by atoms with Crippen LogP contribution in [0.5, 0.6) is 0 Å². The average Bonchev–Trinajstić information content (AvgIpc) is 3.16. The van der Waals surface area contributed by atoms with Gasteiger partial charge in [0.1, 0.15) is 0 Å². The fourth-order valence-corrected chi connectivity index (χ4v) is 3.69. The second kappa shape index (κ2) is 6.97. The Hall–Kier alpha value is -2.13. The molecule has 9 heteroatoms. The first-order chi connectivity index (χ1) is 11.1. The lowest BCUT2D eigenvalue weighted by molar-refractivity contribution is -0.145. The Kier molecular flexibility index (Phi) is 4.77. The highest BCUT2D eigenvalue weighted by molar-refractivity contribution is 8.01. The van der Waals surface area contributed by atoms with Gasteiger partial charge >= 0.3 is 5.97 Å². The molecular weight excluding hydrogens is 336 g/mol. The molecule has 2 heterocycles. The van der Waals surface area contributed by atoms with Gasteiger partial charge in [0.05, 0.1) is 5.75 Å². The number of aromatic nitrogens is 2. The fraction of sp³-hybridized carbons (Fsp3) is 0.286. The first-order valence-corrected chi connectivity index (χ1v) is 8.69. The average molecular weight is 350 g/mol. The SMILES string of the molecule is Nc1nnc(SCC(=O)OCC(=O)N2CCc3ccccc32)s1. The van der Waals surface area contributed by atoms with E-state index in [1.807, 2.05) is 24.3 Å². The first-order valence-electron chi connectivity index (χ1n) is 6.89. The third kappa shape index (κ3) is 3.80. The topological polar surface area (TPSA) is 98.4 Å². The molecule has 7 nitrogen and oxygen atoms in total. The van der Waals surface area contributed by atoms with E-state index in [1.54, 1.807) is 4.90 Å². The number of para-hydroxylation sites is 1. The van der Waals surface area contributed by atoms with Gasteiger partial charge in [-0.1, -0.05) is 41.3 Å². The number of esters is 1. The number of carbonyl (C=O) groups excluding carboxylic acids is 2. The molecule has 0 bridgehead atoms. The van der Waals surface area contributed by atoms with E-state index in [0.29, 0.717) is 16.0 Å². The number of nitrogens with two attached hydrogens (primary N) is 1. The number of hydrogen-bond acceptors (Lipinski definition) is 8. The van der Waals surface area contributed by atoms with E-state index >= 15 is 0 Å². The summed E-state index contributed by atoms with van der Waals surface area (Å²) >= 11 is 2.39. The van der Waals surface area contributed by atoms with E-state index < -0.39 is 5.97 Å². The van der Waals surface area contributed by atoms with Crippen molar-refractivity contribution in [2.45, 2.75) is 10.8 Å². The molecule has 1 aliphatic rings. The molecule has 0 radical (unpaired) electrons. The highest BCUT2D eigenvalue weighted by atomic mass is 32.2. The summed E-state index contributed by atoms with van der Waals surface area (Å²) in [6, 6.07) is 7.74. The van der Waals surface area contributed by atoms with Gasteiger partial charge in [-0.3, -0.25) is 9.59 Å². The van der Waals surface area contributed by atoms with E-state index in [9.17, 15) is 9.59 Å². The Balaban J connectivity index is 1.47. The summed E-state index contributed by atoms with van der Waals surface area (Å²) in [5.74, 6) is -0.614. The van der Waals surface area contributed by atoms with Crippen LogP contribution >= 0.6 is 23.1 Å². The molecule has 0 saturated heterocycles. The van der Waals surface area contributed by atoms with Crippen LogP contribution in [0.15, 0.2) is 28.6 Å². The fourth-order valence-electron chi connectivity index (χ4n) is 2.26. The molecule has 1 aromatic carbocycles. The van der Waals surface area contributed by atoms with E-state index in [-0.39, 0.29) is 18.3 Å². The summed E-state index contributed by atoms with van der Waals surface area (Å²) in [7, 11) is 0. The molecule has 0 aliphatic carbocycles. The molecule has 120 valence electrons. The van der Waals surface area contributed by atoms with Crippen LogP contribution in [0.4, 0.5) is 10.8 Å². The Labute approximate surface area is 140 Å². The maximum absolute atomic E-state index is 12.2. The van der Waals surface area contributed by atoms with Crippen LogP contribution in [0.25, 0.3) is 0 Å². The molecule has 0 spiro atoms. The molecule has 0 fully saturated rings. The van der Waals surface area contributed by atoms with E-state index in [1.165, 1.54) is 23.1 Å². The predicted octanol–water partition coefficient (Wildman–Crippen LogP) is 1.34. The second-order valence-electron chi connectivity index (χ2n) is 4.78. The number of thioether (sulfide) groups is 1. The smallest absolute Gasteiger partial charge is 0.316 e. The van der Waals surface area contributed by atoms with Crippen molar-refractivity contribution in [2.24, 2.45) is 0 Å². The van der Waals surface area contributed by atoms with Crippen molar-refractivity contribution in [3.05, 3.63) is 29.8 Å². The zero-order chi connectivity index (χ0) is 16.2. The Morgan fingerprint density at radius 2 is 2.17 bits per heavy atom. The molecule has 0 saturated carbocycles.